The summed E-state index contributed by atoms with van der Waals surface area (Å²) in [6.07, 6.45) is -0.360. The lowest BCUT2D eigenvalue weighted by atomic mass is 9.79. The van der Waals surface area contributed by atoms with Gasteiger partial charge in [-0.3, -0.25) is 0 Å². The predicted octanol–water partition coefficient (Wildman–Crippen LogP) is 2.57. The van der Waals surface area contributed by atoms with E-state index >= 15 is 0 Å². The Balaban J connectivity index is 2.28. The van der Waals surface area contributed by atoms with Crippen LogP contribution in [-0.2, 0) is 0 Å². The van der Waals surface area contributed by atoms with Crippen molar-refractivity contribution in [1.82, 2.24) is 0 Å². The van der Waals surface area contributed by atoms with Crippen molar-refractivity contribution in [3.05, 3.63) is 29.8 Å². The van der Waals surface area contributed by atoms with Crippen molar-refractivity contribution in [2.75, 3.05) is 6.61 Å². The maximum atomic E-state index is 10.3. The molecule has 0 saturated carbocycles. The molecule has 2 atom stereocenters. The number of rotatable bonds is 1. The van der Waals surface area contributed by atoms with E-state index in [4.69, 9.17) is 4.74 Å². The largest absolute Gasteiger partial charge is 0.493 e. The van der Waals surface area contributed by atoms with Crippen LogP contribution in [-0.4, -0.2) is 17.8 Å². The van der Waals surface area contributed by atoms with Crippen molar-refractivity contribution in [2.45, 2.75) is 32.8 Å². The van der Waals surface area contributed by atoms with Crippen molar-refractivity contribution in [2.24, 2.45) is 5.41 Å². The molecule has 2 rings (SSSR count). The Morgan fingerprint density at radius 3 is 2.67 bits per heavy atom. The molecule has 0 radical (unpaired) electrons. The average molecular weight is 206 g/mol. The van der Waals surface area contributed by atoms with Crippen LogP contribution in [0.5, 0.6) is 5.75 Å². The fourth-order valence-corrected chi connectivity index (χ4v) is 2.05. The van der Waals surface area contributed by atoms with Gasteiger partial charge in [0.1, 0.15) is 5.75 Å². The monoisotopic (exact) mass is 206 g/mol. The molecule has 15 heavy (non-hydrogen) atoms. The van der Waals surface area contributed by atoms with E-state index in [1.165, 1.54) is 0 Å². The van der Waals surface area contributed by atoms with Gasteiger partial charge in [-0.1, -0.05) is 39.0 Å². The van der Waals surface area contributed by atoms with Crippen LogP contribution in [0.4, 0.5) is 0 Å². The standard InChI is InChI=1S/C13H18O2/c1-13(2,3)12(14)10-8-15-11-7-5-4-6-9(10)11/h4-7,10,12,14H,8H2,1-3H3. The van der Waals surface area contributed by atoms with Gasteiger partial charge in [-0.15, -0.1) is 0 Å². The summed E-state index contributed by atoms with van der Waals surface area (Å²) in [5, 5.41) is 10.3. The SMILES string of the molecule is CC(C)(C)C(O)C1COc2ccccc21. The second-order valence-corrected chi connectivity index (χ2v) is 5.27. The summed E-state index contributed by atoms with van der Waals surface area (Å²) in [5.41, 5.74) is 1.03. The number of para-hydroxylation sites is 1. The molecule has 1 N–H and O–H groups in total. The van der Waals surface area contributed by atoms with Crippen molar-refractivity contribution in [3.63, 3.8) is 0 Å². The molecule has 1 heterocycles. The highest BCUT2D eigenvalue weighted by atomic mass is 16.5. The third-order valence-corrected chi connectivity index (χ3v) is 3.01. The van der Waals surface area contributed by atoms with Crippen LogP contribution in [0, 0.1) is 5.41 Å². The number of hydrogen-bond donors (Lipinski definition) is 1. The maximum absolute atomic E-state index is 10.3. The second kappa shape index (κ2) is 3.53. The molecule has 0 bridgehead atoms. The van der Waals surface area contributed by atoms with Crippen molar-refractivity contribution < 1.29 is 9.84 Å². The van der Waals surface area contributed by atoms with Crippen molar-refractivity contribution in [3.8, 4) is 5.75 Å². The first kappa shape index (κ1) is 10.5. The first-order chi connectivity index (χ1) is 7.00. The molecule has 0 saturated heterocycles. The van der Waals surface area contributed by atoms with Gasteiger partial charge >= 0.3 is 0 Å². The van der Waals surface area contributed by atoms with Gasteiger partial charge in [-0.2, -0.15) is 0 Å². The van der Waals surface area contributed by atoms with Gasteiger partial charge in [0.25, 0.3) is 0 Å². The summed E-state index contributed by atoms with van der Waals surface area (Å²) < 4.78 is 5.57. The minimum atomic E-state index is -0.360. The lowest BCUT2D eigenvalue weighted by Gasteiger charge is -2.30. The van der Waals surface area contributed by atoms with Gasteiger partial charge in [0.15, 0.2) is 0 Å². The Morgan fingerprint density at radius 1 is 1.33 bits per heavy atom. The molecule has 2 nitrogen and oxygen atoms in total. The summed E-state index contributed by atoms with van der Waals surface area (Å²) in [5.74, 6) is 1.03. The first-order valence-electron chi connectivity index (χ1n) is 5.40. The first-order valence-corrected chi connectivity index (χ1v) is 5.40. The van der Waals surface area contributed by atoms with Gasteiger partial charge < -0.3 is 9.84 Å². The molecular formula is C13H18O2. The number of hydrogen-bond acceptors (Lipinski definition) is 2. The fourth-order valence-electron chi connectivity index (χ4n) is 2.05. The van der Waals surface area contributed by atoms with E-state index in [2.05, 4.69) is 20.8 Å². The van der Waals surface area contributed by atoms with E-state index in [9.17, 15) is 5.11 Å². The summed E-state index contributed by atoms with van der Waals surface area (Å²) in [6.45, 7) is 6.76. The number of aliphatic hydroxyl groups excluding tert-OH is 1. The smallest absolute Gasteiger partial charge is 0.123 e. The summed E-state index contributed by atoms with van der Waals surface area (Å²) >= 11 is 0. The molecule has 82 valence electrons. The van der Waals surface area contributed by atoms with Gasteiger partial charge in [-0.25, -0.2) is 0 Å². The Morgan fingerprint density at radius 2 is 2.00 bits per heavy atom. The quantitative estimate of drug-likeness (QED) is 0.765. The topological polar surface area (TPSA) is 29.5 Å². The predicted molar refractivity (Wildman–Crippen MR) is 60.1 cm³/mol. The minimum Gasteiger partial charge on any atom is -0.493 e. The zero-order valence-electron chi connectivity index (χ0n) is 9.53. The van der Waals surface area contributed by atoms with Gasteiger partial charge in [0.05, 0.1) is 12.7 Å². The summed E-state index contributed by atoms with van der Waals surface area (Å²) in [7, 11) is 0. The third kappa shape index (κ3) is 1.86. The Labute approximate surface area is 90.9 Å². The third-order valence-electron chi connectivity index (χ3n) is 3.01. The molecule has 0 fully saturated rings. The molecule has 0 aliphatic carbocycles. The molecule has 1 aliphatic heterocycles. The van der Waals surface area contributed by atoms with E-state index in [0.717, 1.165) is 11.3 Å². The van der Waals surface area contributed by atoms with E-state index in [-0.39, 0.29) is 17.4 Å². The van der Waals surface area contributed by atoms with E-state index < -0.39 is 0 Å². The zero-order chi connectivity index (χ0) is 11.1. The molecule has 1 aromatic rings. The molecule has 2 unspecified atom stereocenters. The molecule has 1 aromatic carbocycles. The van der Waals surface area contributed by atoms with Crippen molar-refractivity contribution in [1.29, 1.82) is 0 Å². The number of aliphatic hydroxyl groups is 1. The Hall–Kier alpha value is -1.02. The van der Waals surface area contributed by atoms with E-state index in [1.807, 2.05) is 24.3 Å². The average Bonchev–Trinajstić information content (AvgIpc) is 2.58. The van der Waals surface area contributed by atoms with Crippen LogP contribution < -0.4 is 4.74 Å². The lowest BCUT2D eigenvalue weighted by Crippen LogP contribution is -2.33. The molecule has 0 amide bonds. The highest BCUT2D eigenvalue weighted by Gasteiger charge is 2.36. The van der Waals surface area contributed by atoms with E-state index in [0.29, 0.717) is 6.61 Å². The molecule has 0 aromatic heterocycles. The molecule has 2 heteroatoms. The van der Waals surface area contributed by atoms with Crippen LogP contribution in [0.15, 0.2) is 24.3 Å². The fraction of sp³-hybridized carbons (Fsp3) is 0.538. The summed E-state index contributed by atoms with van der Waals surface area (Å²) in [6, 6.07) is 7.97. The normalized spacial score (nSPS) is 22.0. The molecule has 1 aliphatic rings. The highest BCUT2D eigenvalue weighted by molar-refractivity contribution is 5.40. The van der Waals surface area contributed by atoms with Crippen LogP contribution in [0.25, 0.3) is 0 Å². The van der Waals surface area contributed by atoms with Crippen LogP contribution in [0.2, 0.25) is 0 Å². The Kier molecular flexibility index (Phi) is 2.47. The van der Waals surface area contributed by atoms with E-state index in [1.54, 1.807) is 0 Å². The van der Waals surface area contributed by atoms with Gasteiger partial charge in [0.2, 0.25) is 0 Å². The Bertz CT molecular complexity index is 352. The number of ether oxygens (including phenoxy) is 1. The van der Waals surface area contributed by atoms with Crippen LogP contribution >= 0.6 is 0 Å². The highest BCUT2D eigenvalue weighted by Crippen LogP contribution is 2.40. The lowest BCUT2D eigenvalue weighted by molar-refractivity contribution is 0.0326. The minimum absolute atomic E-state index is 0.106. The number of fused-ring (bicyclic) bond motifs is 1. The van der Waals surface area contributed by atoms with Crippen molar-refractivity contribution >= 4 is 0 Å². The van der Waals surface area contributed by atoms with Gasteiger partial charge in [-0.05, 0) is 11.5 Å². The summed E-state index contributed by atoms with van der Waals surface area (Å²) in [4.78, 5) is 0. The zero-order valence-corrected chi connectivity index (χ0v) is 9.53. The second-order valence-electron chi connectivity index (χ2n) is 5.27. The van der Waals surface area contributed by atoms with Crippen LogP contribution in [0.1, 0.15) is 32.3 Å². The molecule has 0 spiro atoms. The number of benzene rings is 1. The van der Waals surface area contributed by atoms with Crippen LogP contribution in [0.3, 0.4) is 0 Å². The van der Waals surface area contributed by atoms with Gasteiger partial charge in [0, 0.05) is 11.5 Å². The molecular weight excluding hydrogens is 188 g/mol. The maximum Gasteiger partial charge on any atom is 0.123 e.